The van der Waals surface area contributed by atoms with Gasteiger partial charge in [0, 0.05) is 6.42 Å². The first kappa shape index (κ1) is 15.4. The van der Waals surface area contributed by atoms with Gasteiger partial charge in [-0.25, -0.2) is 4.79 Å². The number of carboxylic acid groups (broad SMARTS) is 1. The van der Waals surface area contributed by atoms with Gasteiger partial charge in [0.15, 0.2) is 5.76 Å². The number of carbonyl (C=O) groups is 2. The molecule has 0 unspecified atom stereocenters. The maximum atomic E-state index is 12.0. The molecular weight excluding hydrogens is 317 g/mol. The van der Waals surface area contributed by atoms with Crippen LogP contribution < -0.4 is 5.32 Å². The van der Waals surface area contributed by atoms with E-state index in [1.54, 1.807) is 12.1 Å². The first-order valence-corrected chi connectivity index (χ1v) is 6.80. The largest absolute Gasteiger partial charge is 0.478 e. The lowest BCUT2D eigenvalue weighted by Crippen LogP contribution is -2.12. The number of amides is 1. The number of hydrogen-bond donors (Lipinski definition) is 2. The zero-order chi connectivity index (χ0) is 15.6. The minimum atomic E-state index is -1.16. The molecule has 0 saturated carbocycles. The number of carboxylic acids is 1. The molecular formula is C14H11Cl2NO4. The summed E-state index contributed by atoms with van der Waals surface area (Å²) in [5.74, 6) is -0.864. The Kier molecular flexibility index (Phi) is 4.55. The van der Waals surface area contributed by atoms with E-state index in [1.807, 2.05) is 6.92 Å². The summed E-state index contributed by atoms with van der Waals surface area (Å²) in [5.41, 5.74) is 0.0806. The fourth-order valence-electron chi connectivity index (χ4n) is 1.68. The number of aromatic carboxylic acids is 1. The van der Waals surface area contributed by atoms with Gasteiger partial charge in [-0.2, -0.15) is 0 Å². The lowest BCUT2D eigenvalue weighted by molar-refractivity contribution is 0.0696. The van der Waals surface area contributed by atoms with Crippen LogP contribution in [0.2, 0.25) is 10.0 Å². The van der Waals surface area contributed by atoms with Crippen molar-refractivity contribution in [2.45, 2.75) is 13.3 Å². The van der Waals surface area contributed by atoms with Gasteiger partial charge in [-0.05, 0) is 24.3 Å². The fraction of sp³-hybridized carbons (Fsp3) is 0.143. The molecule has 0 fully saturated rings. The predicted molar refractivity (Wildman–Crippen MR) is 79.5 cm³/mol. The normalized spacial score (nSPS) is 10.4. The van der Waals surface area contributed by atoms with Crippen LogP contribution in [0.5, 0.6) is 0 Å². The summed E-state index contributed by atoms with van der Waals surface area (Å²) in [4.78, 5) is 22.9. The van der Waals surface area contributed by atoms with Gasteiger partial charge in [-0.1, -0.05) is 30.1 Å². The highest BCUT2D eigenvalue weighted by Gasteiger charge is 2.17. The molecule has 0 bridgehead atoms. The van der Waals surface area contributed by atoms with Crippen LogP contribution in [0, 0.1) is 0 Å². The fourth-order valence-corrected chi connectivity index (χ4v) is 2.26. The molecule has 7 heteroatoms. The van der Waals surface area contributed by atoms with Gasteiger partial charge in [0.25, 0.3) is 5.91 Å². The lowest BCUT2D eigenvalue weighted by atomic mass is 10.2. The maximum Gasteiger partial charge on any atom is 0.335 e. The number of benzene rings is 1. The first-order chi connectivity index (χ1) is 9.92. The van der Waals surface area contributed by atoms with Crippen LogP contribution in [0.25, 0.3) is 0 Å². The lowest BCUT2D eigenvalue weighted by Gasteiger charge is -2.09. The number of anilines is 1. The van der Waals surface area contributed by atoms with Crippen molar-refractivity contribution in [1.82, 2.24) is 0 Å². The van der Waals surface area contributed by atoms with Crippen molar-refractivity contribution in [3.8, 4) is 0 Å². The highest BCUT2D eigenvalue weighted by atomic mass is 35.5. The van der Waals surface area contributed by atoms with Crippen LogP contribution in [-0.2, 0) is 6.42 Å². The zero-order valence-corrected chi connectivity index (χ0v) is 12.5. The van der Waals surface area contributed by atoms with Gasteiger partial charge in [-0.15, -0.1) is 0 Å². The Bertz CT molecular complexity index is 686. The zero-order valence-electron chi connectivity index (χ0n) is 10.9. The molecule has 0 saturated heterocycles. The molecule has 1 heterocycles. The van der Waals surface area contributed by atoms with Crippen LogP contribution in [-0.4, -0.2) is 17.0 Å². The molecule has 0 aliphatic heterocycles. The summed E-state index contributed by atoms with van der Waals surface area (Å²) in [6.07, 6.45) is 0.669. The van der Waals surface area contributed by atoms with E-state index >= 15 is 0 Å². The number of rotatable bonds is 4. The van der Waals surface area contributed by atoms with E-state index in [1.165, 1.54) is 12.1 Å². The molecule has 110 valence electrons. The molecule has 0 atom stereocenters. The summed E-state index contributed by atoms with van der Waals surface area (Å²) in [7, 11) is 0. The van der Waals surface area contributed by atoms with E-state index in [-0.39, 0.29) is 27.1 Å². The van der Waals surface area contributed by atoms with Crippen molar-refractivity contribution in [2.75, 3.05) is 5.32 Å². The third-order valence-corrected chi connectivity index (χ3v) is 3.36. The number of halogens is 2. The SMILES string of the molecule is CCc1ccc(C(=O)Nc2c(Cl)cc(C(=O)O)cc2Cl)o1. The van der Waals surface area contributed by atoms with E-state index in [0.29, 0.717) is 12.2 Å². The average molecular weight is 328 g/mol. The highest BCUT2D eigenvalue weighted by molar-refractivity contribution is 6.40. The molecule has 1 aromatic carbocycles. The molecule has 0 aliphatic carbocycles. The second-order valence-electron chi connectivity index (χ2n) is 4.19. The molecule has 1 aromatic heterocycles. The summed E-state index contributed by atoms with van der Waals surface area (Å²) in [6.45, 7) is 1.90. The van der Waals surface area contributed by atoms with Crippen molar-refractivity contribution >= 4 is 40.8 Å². The monoisotopic (exact) mass is 327 g/mol. The standard InChI is InChI=1S/C14H11Cl2NO4/c1-2-8-3-4-11(21-8)13(18)17-12-9(15)5-7(14(19)20)6-10(12)16/h3-6H,2H2,1H3,(H,17,18)(H,19,20). The smallest absolute Gasteiger partial charge is 0.335 e. The molecule has 1 amide bonds. The third kappa shape index (κ3) is 3.37. The second kappa shape index (κ2) is 6.20. The van der Waals surface area contributed by atoms with Crippen LogP contribution in [0.4, 0.5) is 5.69 Å². The number of furan rings is 1. The van der Waals surface area contributed by atoms with Crippen molar-refractivity contribution in [1.29, 1.82) is 0 Å². The van der Waals surface area contributed by atoms with Crippen molar-refractivity contribution in [2.24, 2.45) is 0 Å². The van der Waals surface area contributed by atoms with Gasteiger partial charge < -0.3 is 14.8 Å². The Morgan fingerprint density at radius 2 is 1.86 bits per heavy atom. The molecule has 5 nitrogen and oxygen atoms in total. The Morgan fingerprint density at radius 1 is 1.24 bits per heavy atom. The highest BCUT2D eigenvalue weighted by Crippen LogP contribution is 2.32. The first-order valence-electron chi connectivity index (χ1n) is 6.04. The Hall–Kier alpha value is -1.98. The van der Waals surface area contributed by atoms with E-state index in [9.17, 15) is 9.59 Å². The average Bonchev–Trinajstić information content (AvgIpc) is 2.91. The van der Waals surface area contributed by atoms with Crippen molar-refractivity contribution in [3.05, 3.63) is 51.4 Å². The van der Waals surface area contributed by atoms with Crippen molar-refractivity contribution in [3.63, 3.8) is 0 Å². The van der Waals surface area contributed by atoms with E-state index < -0.39 is 11.9 Å². The number of aryl methyl sites for hydroxylation is 1. The van der Waals surface area contributed by atoms with Crippen LogP contribution in [0.1, 0.15) is 33.6 Å². The molecule has 2 aromatic rings. The summed E-state index contributed by atoms with van der Waals surface area (Å²) < 4.78 is 5.32. The maximum absolute atomic E-state index is 12.0. The second-order valence-corrected chi connectivity index (χ2v) is 5.01. The predicted octanol–water partition coefficient (Wildman–Crippen LogP) is 4.10. The van der Waals surface area contributed by atoms with Crippen LogP contribution in [0.3, 0.4) is 0 Å². The minimum Gasteiger partial charge on any atom is -0.478 e. The quantitative estimate of drug-likeness (QED) is 0.885. The van der Waals surface area contributed by atoms with Gasteiger partial charge >= 0.3 is 5.97 Å². The molecule has 2 N–H and O–H groups in total. The Labute approximate surface area is 130 Å². The molecule has 2 rings (SSSR count). The van der Waals surface area contributed by atoms with Crippen molar-refractivity contribution < 1.29 is 19.1 Å². The van der Waals surface area contributed by atoms with Gasteiger partial charge in [0.1, 0.15) is 5.76 Å². The van der Waals surface area contributed by atoms with Crippen LogP contribution >= 0.6 is 23.2 Å². The number of hydrogen-bond acceptors (Lipinski definition) is 3. The molecule has 0 radical (unpaired) electrons. The van der Waals surface area contributed by atoms with E-state index in [4.69, 9.17) is 32.7 Å². The molecule has 0 aliphatic rings. The van der Waals surface area contributed by atoms with E-state index in [0.717, 1.165) is 0 Å². The Morgan fingerprint density at radius 3 is 2.33 bits per heavy atom. The van der Waals surface area contributed by atoms with Gasteiger partial charge in [0.05, 0.1) is 21.3 Å². The summed E-state index contributed by atoms with van der Waals surface area (Å²) in [5, 5.41) is 11.5. The Balaban J connectivity index is 2.27. The van der Waals surface area contributed by atoms with E-state index in [2.05, 4.69) is 5.32 Å². The summed E-state index contributed by atoms with van der Waals surface area (Å²) >= 11 is 11.9. The third-order valence-electron chi connectivity index (χ3n) is 2.76. The molecule has 21 heavy (non-hydrogen) atoms. The number of carbonyl (C=O) groups excluding carboxylic acids is 1. The topological polar surface area (TPSA) is 79.5 Å². The molecule has 0 spiro atoms. The minimum absolute atomic E-state index is 0.0375. The number of nitrogens with one attached hydrogen (secondary N) is 1. The van der Waals surface area contributed by atoms with Crippen LogP contribution in [0.15, 0.2) is 28.7 Å². The summed E-state index contributed by atoms with van der Waals surface area (Å²) in [6, 6.07) is 5.67. The van der Waals surface area contributed by atoms with Gasteiger partial charge in [-0.3, -0.25) is 4.79 Å². The van der Waals surface area contributed by atoms with Gasteiger partial charge in [0.2, 0.25) is 0 Å².